The van der Waals surface area contributed by atoms with Gasteiger partial charge in [0.05, 0.1) is 11.9 Å². The number of thiazole rings is 1. The zero-order valence-electron chi connectivity index (χ0n) is 14.8. The van der Waals surface area contributed by atoms with Crippen LogP contribution in [0.1, 0.15) is 24.3 Å². The van der Waals surface area contributed by atoms with Crippen LogP contribution in [0.3, 0.4) is 0 Å². The second-order valence-electron chi connectivity index (χ2n) is 6.73. The summed E-state index contributed by atoms with van der Waals surface area (Å²) in [7, 11) is 0. The Kier molecular flexibility index (Phi) is 4.57. The van der Waals surface area contributed by atoms with E-state index < -0.39 is 0 Å². The van der Waals surface area contributed by atoms with E-state index in [9.17, 15) is 4.79 Å². The Labute approximate surface area is 156 Å². The molecule has 134 valence electrons. The second kappa shape index (κ2) is 7.01. The molecule has 2 aromatic heterocycles. The molecule has 0 spiro atoms. The van der Waals surface area contributed by atoms with Crippen LogP contribution in [0.2, 0.25) is 0 Å². The Balaban J connectivity index is 1.53. The maximum absolute atomic E-state index is 12.8. The largest absolute Gasteiger partial charge is 0.334 e. The molecule has 4 rings (SSSR count). The zero-order chi connectivity index (χ0) is 18.1. The number of carbonyl (C=O) groups is 1. The highest BCUT2D eigenvalue weighted by atomic mass is 32.1. The van der Waals surface area contributed by atoms with Gasteiger partial charge in [-0.1, -0.05) is 18.2 Å². The predicted molar refractivity (Wildman–Crippen MR) is 103 cm³/mol. The Morgan fingerprint density at radius 1 is 1.19 bits per heavy atom. The smallest absolute Gasteiger partial charge is 0.273 e. The van der Waals surface area contributed by atoms with E-state index in [2.05, 4.69) is 29.2 Å². The molecule has 0 saturated carbocycles. The summed E-state index contributed by atoms with van der Waals surface area (Å²) >= 11 is 1.48. The van der Waals surface area contributed by atoms with Gasteiger partial charge in [0.2, 0.25) is 0 Å². The van der Waals surface area contributed by atoms with Crippen LogP contribution in [0, 0.1) is 0 Å². The maximum atomic E-state index is 12.8. The van der Waals surface area contributed by atoms with Crippen molar-refractivity contribution < 1.29 is 4.79 Å². The topological polar surface area (TPSA) is 63.1 Å². The number of amides is 1. The first-order valence-electron chi connectivity index (χ1n) is 8.71. The van der Waals surface area contributed by atoms with Crippen molar-refractivity contribution >= 4 is 17.2 Å². The Morgan fingerprint density at radius 3 is 2.65 bits per heavy atom. The Hall–Kier alpha value is -2.51. The van der Waals surface area contributed by atoms with E-state index >= 15 is 0 Å². The van der Waals surface area contributed by atoms with E-state index in [1.54, 1.807) is 6.20 Å². The lowest BCUT2D eigenvalue weighted by Gasteiger charge is -2.35. The average Bonchev–Trinajstić information content (AvgIpc) is 3.30. The predicted octanol–water partition coefficient (Wildman–Crippen LogP) is 2.82. The molecule has 0 unspecified atom stereocenters. The molecule has 2 atom stereocenters. The van der Waals surface area contributed by atoms with Crippen LogP contribution in [0.5, 0.6) is 0 Å². The lowest BCUT2D eigenvalue weighted by atomic mass is 10.1. The fourth-order valence-corrected chi connectivity index (χ4v) is 4.08. The normalized spacial score (nSPS) is 20.3. The minimum atomic E-state index is 0.00292. The van der Waals surface area contributed by atoms with E-state index in [1.165, 1.54) is 11.3 Å². The molecule has 1 aliphatic heterocycles. The molecule has 1 amide bonds. The van der Waals surface area contributed by atoms with Gasteiger partial charge < -0.3 is 10.2 Å². The van der Waals surface area contributed by atoms with E-state index in [-0.39, 0.29) is 5.91 Å². The Bertz CT molecular complexity index is 894. The summed E-state index contributed by atoms with van der Waals surface area (Å²) in [5.74, 6) is 0.00292. The molecule has 0 bridgehead atoms. The van der Waals surface area contributed by atoms with Crippen molar-refractivity contribution in [3.05, 3.63) is 53.8 Å². The summed E-state index contributed by atoms with van der Waals surface area (Å²) in [5, 5.41) is 10.5. The first-order chi connectivity index (χ1) is 12.6. The van der Waals surface area contributed by atoms with Crippen molar-refractivity contribution in [1.29, 1.82) is 0 Å². The van der Waals surface area contributed by atoms with E-state index in [0.717, 1.165) is 16.3 Å². The number of rotatable bonds is 3. The highest BCUT2D eigenvalue weighted by molar-refractivity contribution is 7.13. The van der Waals surface area contributed by atoms with Crippen molar-refractivity contribution in [1.82, 2.24) is 25.0 Å². The molecule has 3 aromatic rings. The first kappa shape index (κ1) is 16.9. The molecule has 3 heterocycles. The first-order valence-corrected chi connectivity index (χ1v) is 9.59. The third-order valence-corrected chi connectivity index (χ3v) is 5.31. The van der Waals surface area contributed by atoms with Gasteiger partial charge in [0.1, 0.15) is 10.7 Å². The number of piperazine rings is 1. The maximum Gasteiger partial charge on any atom is 0.273 e. The molecule has 1 aromatic carbocycles. The fraction of sp³-hybridized carbons (Fsp3) is 0.316. The van der Waals surface area contributed by atoms with Gasteiger partial charge in [0.15, 0.2) is 0 Å². The minimum Gasteiger partial charge on any atom is -0.334 e. The van der Waals surface area contributed by atoms with Crippen LogP contribution >= 0.6 is 11.3 Å². The lowest BCUT2D eigenvalue weighted by Crippen LogP contribution is -2.55. The van der Waals surface area contributed by atoms with Crippen LogP contribution in [-0.4, -0.2) is 50.7 Å². The quantitative estimate of drug-likeness (QED) is 0.773. The highest BCUT2D eigenvalue weighted by Gasteiger charge is 2.27. The van der Waals surface area contributed by atoms with Crippen molar-refractivity contribution in [3.63, 3.8) is 0 Å². The molecule has 26 heavy (non-hydrogen) atoms. The molecular formula is C19H21N5OS. The van der Waals surface area contributed by atoms with Gasteiger partial charge in [-0.3, -0.25) is 4.79 Å². The van der Waals surface area contributed by atoms with Crippen LogP contribution < -0.4 is 5.32 Å². The standard InChI is InChI=1S/C19H21N5OS/c1-13-9-23(10-14(2)21-13)19(25)17-12-26-18(22-17)15-8-20-24(11-15)16-6-4-3-5-7-16/h3-8,11-14,21H,9-10H2,1-2H3/t13-,14+. The molecular weight excluding hydrogens is 346 g/mol. The van der Waals surface area contributed by atoms with Gasteiger partial charge in [-0.2, -0.15) is 5.10 Å². The van der Waals surface area contributed by atoms with Gasteiger partial charge in [-0.15, -0.1) is 11.3 Å². The average molecular weight is 367 g/mol. The van der Waals surface area contributed by atoms with Crippen molar-refractivity contribution in [2.45, 2.75) is 25.9 Å². The number of hydrogen-bond acceptors (Lipinski definition) is 5. The number of para-hydroxylation sites is 1. The van der Waals surface area contributed by atoms with Gasteiger partial charge in [0, 0.05) is 42.3 Å². The number of benzene rings is 1. The van der Waals surface area contributed by atoms with E-state index in [4.69, 9.17) is 0 Å². The van der Waals surface area contributed by atoms with Gasteiger partial charge in [0.25, 0.3) is 5.91 Å². The number of nitrogens with one attached hydrogen (secondary N) is 1. The van der Waals surface area contributed by atoms with Crippen molar-refractivity contribution in [2.24, 2.45) is 0 Å². The third kappa shape index (κ3) is 3.40. The zero-order valence-corrected chi connectivity index (χ0v) is 15.6. The Morgan fingerprint density at radius 2 is 1.92 bits per heavy atom. The lowest BCUT2D eigenvalue weighted by molar-refractivity contribution is 0.0669. The number of carbonyl (C=O) groups excluding carboxylic acids is 1. The third-order valence-electron chi connectivity index (χ3n) is 4.42. The number of aromatic nitrogens is 3. The molecule has 1 N–H and O–H groups in total. The summed E-state index contributed by atoms with van der Waals surface area (Å²) in [6.07, 6.45) is 3.73. The fourth-order valence-electron chi connectivity index (χ4n) is 3.31. The van der Waals surface area contributed by atoms with Gasteiger partial charge in [-0.25, -0.2) is 9.67 Å². The van der Waals surface area contributed by atoms with Gasteiger partial charge >= 0.3 is 0 Å². The summed E-state index contributed by atoms with van der Waals surface area (Å²) < 4.78 is 1.82. The molecule has 6 nitrogen and oxygen atoms in total. The number of nitrogens with zero attached hydrogens (tertiary/aromatic N) is 4. The van der Waals surface area contributed by atoms with E-state index in [0.29, 0.717) is 30.9 Å². The summed E-state index contributed by atoms with van der Waals surface area (Å²) in [4.78, 5) is 19.2. The van der Waals surface area contributed by atoms with E-state index in [1.807, 2.05) is 51.5 Å². The monoisotopic (exact) mass is 367 g/mol. The number of hydrogen-bond donors (Lipinski definition) is 1. The SMILES string of the molecule is C[C@@H]1CN(C(=O)c2csc(-c3cnn(-c4ccccc4)c3)n2)C[C@H](C)N1. The van der Waals surface area contributed by atoms with Crippen molar-refractivity contribution in [3.8, 4) is 16.3 Å². The molecule has 0 radical (unpaired) electrons. The van der Waals surface area contributed by atoms with Crippen LogP contribution in [0.25, 0.3) is 16.3 Å². The highest BCUT2D eigenvalue weighted by Crippen LogP contribution is 2.25. The van der Waals surface area contributed by atoms with Gasteiger partial charge in [-0.05, 0) is 26.0 Å². The van der Waals surface area contributed by atoms with Crippen LogP contribution in [0.4, 0.5) is 0 Å². The summed E-state index contributed by atoms with van der Waals surface area (Å²) in [6, 6.07) is 10.5. The molecule has 1 fully saturated rings. The molecule has 1 saturated heterocycles. The molecule has 1 aliphatic rings. The minimum absolute atomic E-state index is 0.00292. The summed E-state index contributed by atoms with van der Waals surface area (Å²) in [6.45, 7) is 5.62. The molecule has 0 aliphatic carbocycles. The second-order valence-corrected chi connectivity index (χ2v) is 7.58. The van der Waals surface area contributed by atoms with Crippen LogP contribution in [-0.2, 0) is 0 Å². The summed E-state index contributed by atoms with van der Waals surface area (Å²) in [5.41, 5.74) is 2.43. The van der Waals surface area contributed by atoms with Crippen LogP contribution in [0.15, 0.2) is 48.1 Å². The molecule has 7 heteroatoms. The van der Waals surface area contributed by atoms with Crippen molar-refractivity contribution in [2.75, 3.05) is 13.1 Å².